The van der Waals surface area contributed by atoms with E-state index in [0.717, 1.165) is 19.3 Å². The fraction of sp³-hybridized carbons (Fsp3) is 0.308. The molecule has 0 fully saturated rings. The molecule has 0 bridgehead atoms. The van der Waals surface area contributed by atoms with Crippen LogP contribution in [0.15, 0.2) is 33.9 Å². The van der Waals surface area contributed by atoms with Crippen LogP contribution in [0.5, 0.6) is 0 Å². The third-order valence-corrected chi connectivity index (χ3v) is 3.47. The lowest BCUT2D eigenvalue weighted by Gasteiger charge is -2.22. The topological polar surface area (TPSA) is 110 Å². The van der Waals surface area contributed by atoms with Gasteiger partial charge in [0.15, 0.2) is 17.3 Å². The minimum Gasteiger partial charge on any atom is -0.379 e. The standard InChI is InChI=1S/C13H15N5O2/c14-12-11(17-20-18-12)13(16-19)15-10-7-3-5-8-4-1-2-6-9(8)10/h1-2,4,6,10,19H,3,5,7H2,(H2,14,18)(H,15,16)/t10-/m0/s1. The smallest absolute Gasteiger partial charge is 0.199 e. The highest BCUT2D eigenvalue weighted by molar-refractivity contribution is 5.99. The Morgan fingerprint density at radius 3 is 3.00 bits per heavy atom. The Balaban J connectivity index is 1.97. The first kappa shape index (κ1) is 12.6. The van der Waals surface area contributed by atoms with Gasteiger partial charge in [-0.2, -0.15) is 0 Å². The van der Waals surface area contributed by atoms with Crippen LogP contribution in [0.1, 0.15) is 35.7 Å². The van der Waals surface area contributed by atoms with E-state index in [1.54, 1.807) is 0 Å². The number of hydroxylamine groups is 1. The van der Waals surface area contributed by atoms with Crippen molar-refractivity contribution in [2.45, 2.75) is 25.3 Å². The van der Waals surface area contributed by atoms with E-state index in [1.807, 2.05) is 17.6 Å². The summed E-state index contributed by atoms with van der Waals surface area (Å²) in [5.41, 5.74) is 10.3. The van der Waals surface area contributed by atoms with Crippen molar-refractivity contribution in [2.24, 2.45) is 4.99 Å². The van der Waals surface area contributed by atoms with E-state index in [0.29, 0.717) is 0 Å². The predicted molar refractivity (Wildman–Crippen MR) is 72.3 cm³/mol. The average molecular weight is 273 g/mol. The zero-order chi connectivity index (χ0) is 13.9. The van der Waals surface area contributed by atoms with Gasteiger partial charge in [0.25, 0.3) is 0 Å². The Hall–Kier alpha value is -2.41. The number of aliphatic imine (C=N–C) groups is 1. The lowest BCUT2D eigenvalue weighted by atomic mass is 9.88. The van der Waals surface area contributed by atoms with Gasteiger partial charge in [-0.1, -0.05) is 24.3 Å². The van der Waals surface area contributed by atoms with Gasteiger partial charge in [0, 0.05) is 0 Å². The van der Waals surface area contributed by atoms with Gasteiger partial charge >= 0.3 is 0 Å². The normalized spacial score (nSPS) is 18.6. The van der Waals surface area contributed by atoms with Crippen LogP contribution >= 0.6 is 0 Å². The van der Waals surface area contributed by atoms with Crippen molar-refractivity contribution in [3.63, 3.8) is 0 Å². The number of fused-ring (bicyclic) bond motifs is 1. The maximum Gasteiger partial charge on any atom is 0.199 e. The van der Waals surface area contributed by atoms with Crippen molar-refractivity contribution in [1.82, 2.24) is 15.8 Å². The molecule has 0 saturated heterocycles. The van der Waals surface area contributed by atoms with Crippen LogP contribution in [0.4, 0.5) is 5.82 Å². The molecule has 0 unspecified atom stereocenters. The average Bonchev–Trinajstić information content (AvgIpc) is 2.91. The summed E-state index contributed by atoms with van der Waals surface area (Å²) in [5.74, 6) is 0.264. The summed E-state index contributed by atoms with van der Waals surface area (Å²) < 4.78 is 4.53. The Kier molecular flexibility index (Phi) is 3.34. The number of benzene rings is 1. The predicted octanol–water partition coefficient (Wildman–Crippen LogP) is 1.45. The Morgan fingerprint density at radius 1 is 1.40 bits per heavy atom. The fourth-order valence-corrected chi connectivity index (χ4v) is 2.52. The number of rotatable bonds is 2. The zero-order valence-corrected chi connectivity index (χ0v) is 10.8. The van der Waals surface area contributed by atoms with Crippen LogP contribution in [-0.2, 0) is 6.42 Å². The molecule has 3 rings (SSSR count). The van der Waals surface area contributed by atoms with Gasteiger partial charge in [0.1, 0.15) is 0 Å². The van der Waals surface area contributed by atoms with Crippen LogP contribution < -0.4 is 11.2 Å². The molecule has 0 spiro atoms. The fourth-order valence-electron chi connectivity index (χ4n) is 2.52. The first-order valence-corrected chi connectivity index (χ1v) is 6.43. The summed E-state index contributed by atoms with van der Waals surface area (Å²) in [4.78, 5) is 4.51. The second-order valence-corrected chi connectivity index (χ2v) is 4.69. The highest BCUT2D eigenvalue weighted by atomic mass is 16.6. The first-order chi connectivity index (χ1) is 9.79. The molecule has 1 aliphatic carbocycles. The highest BCUT2D eigenvalue weighted by Crippen LogP contribution is 2.32. The largest absolute Gasteiger partial charge is 0.379 e. The van der Waals surface area contributed by atoms with Crippen molar-refractivity contribution in [1.29, 1.82) is 0 Å². The van der Waals surface area contributed by atoms with Gasteiger partial charge in [-0.3, -0.25) is 15.7 Å². The molecular weight excluding hydrogens is 258 g/mol. The van der Waals surface area contributed by atoms with E-state index in [4.69, 9.17) is 5.73 Å². The van der Waals surface area contributed by atoms with E-state index < -0.39 is 0 Å². The molecule has 7 heteroatoms. The van der Waals surface area contributed by atoms with Gasteiger partial charge in [-0.05, 0) is 40.7 Å². The van der Waals surface area contributed by atoms with E-state index in [9.17, 15) is 5.21 Å². The van der Waals surface area contributed by atoms with E-state index >= 15 is 0 Å². The monoisotopic (exact) mass is 273 g/mol. The summed E-state index contributed by atoms with van der Waals surface area (Å²) in [5, 5.41) is 16.4. The molecule has 1 aliphatic rings. The number of hydrogen-bond donors (Lipinski definition) is 3. The van der Waals surface area contributed by atoms with Crippen molar-refractivity contribution < 1.29 is 9.84 Å². The van der Waals surface area contributed by atoms with Crippen LogP contribution in [0.2, 0.25) is 0 Å². The summed E-state index contributed by atoms with van der Waals surface area (Å²) >= 11 is 0. The van der Waals surface area contributed by atoms with Gasteiger partial charge in [0.2, 0.25) is 0 Å². The van der Waals surface area contributed by atoms with E-state index in [1.165, 1.54) is 11.1 Å². The van der Waals surface area contributed by atoms with Crippen LogP contribution in [-0.4, -0.2) is 21.4 Å². The molecule has 0 radical (unpaired) electrons. The van der Waals surface area contributed by atoms with Crippen molar-refractivity contribution in [3.05, 3.63) is 41.1 Å². The number of aromatic nitrogens is 2. The molecule has 0 amide bonds. The molecule has 104 valence electrons. The number of anilines is 1. The number of amidine groups is 1. The van der Waals surface area contributed by atoms with E-state index in [-0.39, 0.29) is 23.4 Å². The molecule has 4 N–H and O–H groups in total. The second kappa shape index (κ2) is 5.30. The molecule has 2 aromatic rings. The lowest BCUT2D eigenvalue weighted by Crippen LogP contribution is -2.24. The molecular formula is C13H15N5O2. The molecule has 1 atom stereocenters. The van der Waals surface area contributed by atoms with Crippen molar-refractivity contribution in [2.75, 3.05) is 5.73 Å². The lowest BCUT2D eigenvalue weighted by molar-refractivity contribution is 0.232. The molecule has 20 heavy (non-hydrogen) atoms. The Bertz CT molecular complexity index is 637. The third kappa shape index (κ3) is 2.23. The van der Waals surface area contributed by atoms with Crippen LogP contribution in [0.25, 0.3) is 0 Å². The van der Waals surface area contributed by atoms with E-state index in [2.05, 4.69) is 32.1 Å². The van der Waals surface area contributed by atoms with Crippen LogP contribution in [0, 0.1) is 0 Å². The van der Waals surface area contributed by atoms with Crippen LogP contribution in [0.3, 0.4) is 0 Å². The minimum absolute atomic E-state index is 0.0364. The summed E-state index contributed by atoms with van der Waals surface area (Å²) in [7, 11) is 0. The highest BCUT2D eigenvalue weighted by Gasteiger charge is 2.22. The van der Waals surface area contributed by atoms with Gasteiger partial charge in [-0.15, -0.1) is 0 Å². The Morgan fingerprint density at radius 2 is 2.25 bits per heavy atom. The Labute approximate surface area is 115 Å². The first-order valence-electron chi connectivity index (χ1n) is 6.43. The molecule has 1 aromatic carbocycles. The maximum absolute atomic E-state index is 9.26. The van der Waals surface area contributed by atoms with Gasteiger partial charge < -0.3 is 5.73 Å². The molecule has 0 aliphatic heterocycles. The summed E-state index contributed by atoms with van der Waals surface area (Å²) in [6.45, 7) is 0. The number of aryl methyl sites for hydroxylation is 1. The SMILES string of the molecule is Nc1nonc1C(=N[C@H]1CCCc2ccccc21)NO. The summed E-state index contributed by atoms with van der Waals surface area (Å²) in [6.07, 6.45) is 3.02. The number of nitrogens with two attached hydrogens (primary N) is 1. The molecule has 0 saturated carbocycles. The zero-order valence-electron chi connectivity index (χ0n) is 10.8. The van der Waals surface area contributed by atoms with Gasteiger partial charge in [0.05, 0.1) is 6.04 Å². The second-order valence-electron chi connectivity index (χ2n) is 4.69. The minimum atomic E-state index is -0.0364. The molecule has 7 nitrogen and oxygen atoms in total. The van der Waals surface area contributed by atoms with Crippen molar-refractivity contribution >= 4 is 11.7 Å². The molecule has 1 aromatic heterocycles. The quantitative estimate of drug-likeness (QED) is 0.434. The number of nitrogens with one attached hydrogen (secondary N) is 1. The third-order valence-electron chi connectivity index (χ3n) is 3.47. The number of nitrogen functional groups attached to an aromatic ring is 1. The number of nitrogens with zero attached hydrogens (tertiary/aromatic N) is 3. The number of hydrogen-bond acceptors (Lipinski definition) is 6. The van der Waals surface area contributed by atoms with Gasteiger partial charge in [-0.25, -0.2) is 4.63 Å². The maximum atomic E-state index is 9.26. The summed E-state index contributed by atoms with van der Waals surface area (Å²) in [6, 6.07) is 8.14. The molecule has 1 heterocycles. The van der Waals surface area contributed by atoms with Crippen molar-refractivity contribution in [3.8, 4) is 0 Å².